The molecule has 1 aromatic heterocycles. The Morgan fingerprint density at radius 1 is 0.900 bits per heavy atom. The zero-order chi connectivity index (χ0) is 14.5. The summed E-state index contributed by atoms with van der Waals surface area (Å²) in [5, 5.41) is 0. The van der Waals surface area contributed by atoms with E-state index >= 15 is 0 Å². The van der Waals surface area contributed by atoms with Gasteiger partial charge in [-0.2, -0.15) is 0 Å². The largest absolute Gasteiger partial charge is 0.294 e. The van der Waals surface area contributed by atoms with Gasteiger partial charge in [-0.15, -0.1) is 0 Å². The van der Waals surface area contributed by atoms with Crippen molar-refractivity contribution >= 4 is 11.6 Å². The highest BCUT2D eigenvalue weighted by molar-refractivity contribution is 6.13. The van der Waals surface area contributed by atoms with Crippen LogP contribution in [0.2, 0.25) is 0 Å². The van der Waals surface area contributed by atoms with Crippen LogP contribution >= 0.6 is 0 Å². The van der Waals surface area contributed by atoms with Crippen molar-refractivity contribution in [3.05, 3.63) is 65.5 Å². The van der Waals surface area contributed by atoms with Crippen LogP contribution in [0.3, 0.4) is 0 Å². The normalized spacial score (nSPS) is 10.6. The van der Waals surface area contributed by atoms with Gasteiger partial charge in [0.05, 0.1) is 6.42 Å². The summed E-state index contributed by atoms with van der Waals surface area (Å²) in [4.78, 5) is 27.9. The summed E-state index contributed by atoms with van der Waals surface area (Å²) in [7, 11) is 0. The number of pyridine rings is 1. The summed E-state index contributed by atoms with van der Waals surface area (Å²) in [6.45, 7) is 4.20. The van der Waals surface area contributed by atoms with E-state index in [1.54, 1.807) is 36.7 Å². The number of Topliss-reactive ketones (excluding diaryl/α,β-unsaturated/α-hetero) is 2. The summed E-state index contributed by atoms with van der Waals surface area (Å²) in [6, 6.07) is 10.7. The van der Waals surface area contributed by atoms with Crippen LogP contribution in [-0.4, -0.2) is 16.6 Å². The molecule has 2 aromatic rings. The Morgan fingerprint density at radius 3 is 1.90 bits per heavy atom. The predicted molar refractivity (Wildman–Crippen MR) is 78.0 cm³/mol. The summed E-state index contributed by atoms with van der Waals surface area (Å²) in [6.07, 6.45) is 3.00. The summed E-state index contributed by atoms with van der Waals surface area (Å²) >= 11 is 0. The van der Waals surface area contributed by atoms with Crippen LogP contribution in [0, 0.1) is 0 Å². The summed E-state index contributed by atoms with van der Waals surface area (Å²) in [5.41, 5.74) is 2.28. The van der Waals surface area contributed by atoms with E-state index < -0.39 is 0 Å². The zero-order valence-corrected chi connectivity index (χ0v) is 11.7. The monoisotopic (exact) mass is 267 g/mol. The van der Waals surface area contributed by atoms with Crippen molar-refractivity contribution in [2.75, 3.05) is 0 Å². The second-order valence-electron chi connectivity index (χ2n) is 5.04. The number of carbonyl (C=O) groups is 2. The Kier molecular flexibility index (Phi) is 4.41. The van der Waals surface area contributed by atoms with Gasteiger partial charge in [0.2, 0.25) is 0 Å². The molecule has 3 heteroatoms. The van der Waals surface area contributed by atoms with E-state index in [0.29, 0.717) is 17.0 Å². The molecule has 0 saturated carbocycles. The molecule has 0 aliphatic carbocycles. The number of aromatic nitrogens is 1. The van der Waals surface area contributed by atoms with E-state index in [2.05, 4.69) is 18.8 Å². The molecule has 1 heterocycles. The minimum Gasteiger partial charge on any atom is -0.294 e. The van der Waals surface area contributed by atoms with Gasteiger partial charge in [-0.1, -0.05) is 38.1 Å². The SMILES string of the molecule is CC(C)c1ccc(C(=O)CC(=O)c2ccncc2)cc1. The molecule has 0 unspecified atom stereocenters. The molecule has 0 atom stereocenters. The fraction of sp³-hybridized carbons (Fsp3) is 0.235. The van der Waals surface area contributed by atoms with Crippen molar-refractivity contribution in [1.29, 1.82) is 0 Å². The van der Waals surface area contributed by atoms with E-state index in [1.807, 2.05) is 12.1 Å². The van der Waals surface area contributed by atoms with E-state index in [9.17, 15) is 9.59 Å². The molecule has 0 aliphatic heterocycles. The van der Waals surface area contributed by atoms with E-state index in [0.717, 1.165) is 0 Å². The second-order valence-corrected chi connectivity index (χ2v) is 5.04. The quantitative estimate of drug-likeness (QED) is 0.613. The number of nitrogens with zero attached hydrogens (tertiary/aromatic N) is 1. The van der Waals surface area contributed by atoms with Crippen LogP contribution in [0.1, 0.15) is 52.5 Å². The van der Waals surface area contributed by atoms with E-state index in [4.69, 9.17) is 0 Å². The average molecular weight is 267 g/mol. The summed E-state index contributed by atoms with van der Waals surface area (Å²) < 4.78 is 0. The van der Waals surface area contributed by atoms with Crippen molar-refractivity contribution in [3.8, 4) is 0 Å². The van der Waals surface area contributed by atoms with Crippen molar-refractivity contribution < 1.29 is 9.59 Å². The van der Waals surface area contributed by atoms with Crippen LogP contribution < -0.4 is 0 Å². The average Bonchev–Trinajstić information content (AvgIpc) is 2.48. The van der Waals surface area contributed by atoms with Gasteiger partial charge >= 0.3 is 0 Å². The Morgan fingerprint density at radius 2 is 1.40 bits per heavy atom. The predicted octanol–water partition coefficient (Wildman–Crippen LogP) is 3.66. The number of benzene rings is 1. The van der Waals surface area contributed by atoms with Crippen LogP contribution in [0.5, 0.6) is 0 Å². The van der Waals surface area contributed by atoms with Gasteiger partial charge in [0, 0.05) is 23.5 Å². The molecule has 0 N–H and O–H groups in total. The van der Waals surface area contributed by atoms with Crippen molar-refractivity contribution in [2.45, 2.75) is 26.2 Å². The standard InChI is InChI=1S/C17H17NO2/c1-12(2)13-3-5-14(6-4-13)16(19)11-17(20)15-7-9-18-10-8-15/h3-10,12H,11H2,1-2H3. The van der Waals surface area contributed by atoms with E-state index in [-0.39, 0.29) is 18.0 Å². The lowest BCUT2D eigenvalue weighted by Crippen LogP contribution is -2.08. The molecule has 20 heavy (non-hydrogen) atoms. The first-order valence-corrected chi connectivity index (χ1v) is 6.64. The highest BCUT2D eigenvalue weighted by atomic mass is 16.1. The van der Waals surface area contributed by atoms with Gasteiger partial charge in [-0.3, -0.25) is 14.6 Å². The first kappa shape index (κ1) is 14.1. The van der Waals surface area contributed by atoms with Crippen LogP contribution in [-0.2, 0) is 0 Å². The molecule has 0 radical (unpaired) electrons. The molecule has 1 aromatic carbocycles. The Hall–Kier alpha value is -2.29. The maximum absolute atomic E-state index is 12.1. The lowest BCUT2D eigenvalue weighted by molar-refractivity contribution is 0.0894. The minimum atomic E-state index is -0.176. The van der Waals surface area contributed by atoms with E-state index in [1.165, 1.54) is 5.56 Å². The lowest BCUT2D eigenvalue weighted by Gasteiger charge is -2.06. The topological polar surface area (TPSA) is 47.0 Å². The third kappa shape index (κ3) is 3.38. The van der Waals surface area contributed by atoms with Crippen molar-refractivity contribution in [2.24, 2.45) is 0 Å². The van der Waals surface area contributed by atoms with Crippen LogP contribution in [0.25, 0.3) is 0 Å². The third-order valence-corrected chi connectivity index (χ3v) is 3.22. The Labute approximate surface area is 118 Å². The molecule has 0 aliphatic rings. The first-order chi connectivity index (χ1) is 9.58. The molecular formula is C17H17NO2. The maximum Gasteiger partial charge on any atom is 0.170 e. The lowest BCUT2D eigenvalue weighted by atomic mass is 9.98. The highest BCUT2D eigenvalue weighted by Gasteiger charge is 2.13. The molecular weight excluding hydrogens is 250 g/mol. The summed E-state index contributed by atoms with van der Waals surface area (Å²) in [5.74, 6) is 0.102. The van der Waals surface area contributed by atoms with Gasteiger partial charge in [0.15, 0.2) is 11.6 Å². The first-order valence-electron chi connectivity index (χ1n) is 6.64. The molecule has 102 valence electrons. The molecule has 0 amide bonds. The molecule has 0 spiro atoms. The number of hydrogen-bond donors (Lipinski definition) is 0. The molecule has 3 nitrogen and oxygen atoms in total. The minimum absolute atomic E-state index is 0.106. The Balaban J connectivity index is 2.07. The molecule has 0 saturated heterocycles. The van der Waals surface area contributed by atoms with Crippen molar-refractivity contribution in [3.63, 3.8) is 0 Å². The van der Waals surface area contributed by atoms with Crippen LogP contribution in [0.15, 0.2) is 48.8 Å². The van der Waals surface area contributed by atoms with Gasteiger partial charge < -0.3 is 0 Å². The molecule has 0 bridgehead atoms. The molecule has 0 fully saturated rings. The maximum atomic E-state index is 12.1. The number of rotatable bonds is 5. The fourth-order valence-corrected chi connectivity index (χ4v) is 1.94. The second kappa shape index (κ2) is 6.24. The number of hydrogen-bond acceptors (Lipinski definition) is 3. The molecule has 2 rings (SSSR count). The van der Waals surface area contributed by atoms with Gasteiger partial charge in [-0.05, 0) is 23.6 Å². The highest BCUT2D eigenvalue weighted by Crippen LogP contribution is 2.16. The van der Waals surface area contributed by atoms with Gasteiger partial charge in [0.1, 0.15) is 0 Å². The smallest absolute Gasteiger partial charge is 0.170 e. The van der Waals surface area contributed by atoms with Crippen molar-refractivity contribution in [1.82, 2.24) is 4.98 Å². The fourth-order valence-electron chi connectivity index (χ4n) is 1.94. The third-order valence-electron chi connectivity index (χ3n) is 3.22. The Bertz CT molecular complexity index is 601. The van der Waals surface area contributed by atoms with Crippen LogP contribution in [0.4, 0.5) is 0 Å². The van der Waals surface area contributed by atoms with Gasteiger partial charge in [-0.25, -0.2) is 0 Å². The van der Waals surface area contributed by atoms with Gasteiger partial charge in [0.25, 0.3) is 0 Å². The number of ketones is 2. The number of carbonyl (C=O) groups excluding carboxylic acids is 2. The zero-order valence-electron chi connectivity index (χ0n) is 11.7.